The predicted octanol–water partition coefficient (Wildman–Crippen LogP) is 3.67. The van der Waals surface area contributed by atoms with Crippen molar-refractivity contribution in [2.24, 2.45) is 0 Å². The standard InChI is InChI=1S/C12H14ClN3S/c1-3-11-15-7-9(17-11)6-14-10-4-8(2)5-16-12(10)13/h4-5,7,14H,3,6H2,1-2H3. The fourth-order valence-electron chi connectivity index (χ4n) is 1.45. The predicted molar refractivity (Wildman–Crippen MR) is 72.8 cm³/mol. The number of halogens is 1. The molecule has 0 bridgehead atoms. The quantitative estimate of drug-likeness (QED) is 0.859. The third-order valence-electron chi connectivity index (χ3n) is 2.33. The van der Waals surface area contributed by atoms with Crippen LogP contribution in [-0.2, 0) is 13.0 Å². The number of pyridine rings is 1. The fourth-order valence-corrected chi connectivity index (χ4v) is 2.42. The van der Waals surface area contributed by atoms with Crippen molar-refractivity contribution < 1.29 is 0 Å². The topological polar surface area (TPSA) is 37.8 Å². The summed E-state index contributed by atoms with van der Waals surface area (Å²) in [4.78, 5) is 9.63. The lowest BCUT2D eigenvalue weighted by Crippen LogP contribution is -1.99. The van der Waals surface area contributed by atoms with Crippen molar-refractivity contribution >= 4 is 28.6 Å². The van der Waals surface area contributed by atoms with E-state index in [4.69, 9.17) is 11.6 Å². The van der Waals surface area contributed by atoms with Gasteiger partial charge in [0, 0.05) is 17.3 Å². The zero-order valence-electron chi connectivity index (χ0n) is 9.83. The minimum absolute atomic E-state index is 0.510. The van der Waals surface area contributed by atoms with E-state index in [1.165, 1.54) is 4.88 Å². The summed E-state index contributed by atoms with van der Waals surface area (Å²) in [5.74, 6) is 0. The Hall–Kier alpha value is -1.13. The maximum Gasteiger partial charge on any atom is 0.152 e. The van der Waals surface area contributed by atoms with Gasteiger partial charge in [0.2, 0.25) is 0 Å². The third kappa shape index (κ3) is 3.17. The molecule has 3 nitrogen and oxygen atoms in total. The highest BCUT2D eigenvalue weighted by Crippen LogP contribution is 2.21. The largest absolute Gasteiger partial charge is 0.378 e. The average molecular weight is 268 g/mol. The highest BCUT2D eigenvalue weighted by atomic mass is 35.5. The molecule has 1 N–H and O–H groups in total. The van der Waals surface area contributed by atoms with E-state index in [0.717, 1.165) is 29.2 Å². The van der Waals surface area contributed by atoms with E-state index < -0.39 is 0 Å². The Bertz CT molecular complexity index is 510. The summed E-state index contributed by atoms with van der Waals surface area (Å²) in [6, 6.07) is 2.00. The SMILES string of the molecule is CCc1ncc(CNc2cc(C)cnc2Cl)s1. The monoisotopic (exact) mass is 267 g/mol. The first-order chi connectivity index (χ1) is 8.19. The lowest BCUT2D eigenvalue weighted by atomic mass is 10.3. The van der Waals surface area contributed by atoms with E-state index in [9.17, 15) is 0 Å². The van der Waals surface area contributed by atoms with Crippen LogP contribution in [0.2, 0.25) is 5.15 Å². The van der Waals surface area contributed by atoms with Crippen molar-refractivity contribution in [3.8, 4) is 0 Å². The summed E-state index contributed by atoms with van der Waals surface area (Å²) in [6.07, 6.45) is 4.65. The number of nitrogens with one attached hydrogen (secondary N) is 1. The van der Waals surface area contributed by atoms with Crippen LogP contribution in [0, 0.1) is 6.92 Å². The number of anilines is 1. The van der Waals surface area contributed by atoms with Crippen LogP contribution in [0.15, 0.2) is 18.5 Å². The molecule has 0 aliphatic rings. The summed E-state index contributed by atoms with van der Waals surface area (Å²) in [5, 5.41) is 4.96. The zero-order valence-corrected chi connectivity index (χ0v) is 11.4. The number of thiazole rings is 1. The van der Waals surface area contributed by atoms with E-state index in [0.29, 0.717) is 5.15 Å². The molecule has 17 heavy (non-hydrogen) atoms. The molecule has 2 aromatic rings. The smallest absolute Gasteiger partial charge is 0.152 e. The van der Waals surface area contributed by atoms with Crippen LogP contribution in [0.5, 0.6) is 0 Å². The summed E-state index contributed by atoms with van der Waals surface area (Å²) in [6.45, 7) is 4.84. The van der Waals surface area contributed by atoms with Gasteiger partial charge in [0.1, 0.15) is 0 Å². The third-order valence-corrected chi connectivity index (χ3v) is 3.78. The number of nitrogens with zero attached hydrogens (tertiary/aromatic N) is 2. The lowest BCUT2D eigenvalue weighted by Gasteiger charge is -2.06. The number of aromatic nitrogens is 2. The van der Waals surface area contributed by atoms with E-state index in [1.54, 1.807) is 17.5 Å². The molecule has 0 aromatic carbocycles. The molecule has 0 spiro atoms. The molecular formula is C12H14ClN3S. The van der Waals surface area contributed by atoms with Crippen LogP contribution < -0.4 is 5.32 Å². The molecule has 0 atom stereocenters. The first-order valence-electron chi connectivity index (χ1n) is 5.48. The second-order valence-electron chi connectivity index (χ2n) is 3.78. The summed E-state index contributed by atoms with van der Waals surface area (Å²) >= 11 is 7.73. The molecule has 0 amide bonds. The van der Waals surface area contributed by atoms with Crippen molar-refractivity contribution in [2.45, 2.75) is 26.8 Å². The minimum Gasteiger partial charge on any atom is -0.378 e. The van der Waals surface area contributed by atoms with Crippen molar-refractivity contribution in [3.05, 3.63) is 39.1 Å². The van der Waals surface area contributed by atoms with Gasteiger partial charge in [-0.2, -0.15) is 0 Å². The zero-order chi connectivity index (χ0) is 12.3. The van der Waals surface area contributed by atoms with Gasteiger partial charge in [0.05, 0.1) is 17.2 Å². The number of hydrogen-bond donors (Lipinski definition) is 1. The Kier molecular flexibility index (Phi) is 3.97. The highest BCUT2D eigenvalue weighted by molar-refractivity contribution is 7.11. The van der Waals surface area contributed by atoms with Gasteiger partial charge in [-0.05, 0) is 25.0 Å². The van der Waals surface area contributed by atoms with Crippen LogP contribution in [0.3, 0.4) is 0 Å². The van der Waals surface area contributed by atoms with E-state index in [1.807, 2.05) is 19.2 Å². The number of rotatable bonds is 4. The van der Waals surface area contributed by atoms with Crippen LogP contribution in [0.1, 0.15) is 22.4 Å². The molecule has 2 heterocycles. The van der Waals surface area contributed by atoms with Crippen LogP contribution in [0.4, 0.5) is 5.69 Å². The summed E-state index contributed by atoms with van der Waals surface area (Å²) < 4.78 is 0. The Morgan fingerprint density at radius 3 is 2.88 bits per heavy atom. The Morgan fingerprint density at radius 1 is 1.35 bits per heavy atom. The lowest BCUT2D eigenvalue weighted by molar-refractivity contribution is 1.09. The number of hydrogen-bond acceptors (Lipinski definition) is 4. The molecular weight excluding hydrogens is 254 g/mol. The molecule has 0 unspecified atom stereocenters. The molecule has 0 radical (unpaired) electrons. The number of aryl methyl sites for hydroxylation is 2. The highest BCUT2D eigenvalue weighted by Gasteiger charge is 2.04. The minimum atomic E-state index is 0.510. The second kappa shape index (κ2) is 5.47. The fraction of sp³-hybridized carbons (Fsp3) is 0.333. The molecule has 2 rings (SSSR count). The first kappa shape index (κ1) is 12.3. The first-order valence-corrected chi connectivity index (χ1v) is 6.68. The molecule has 0 aliphatic heterocycles. The summed E-state index contributed by atoms with van der Waals surface area (Å²) in [5.41, 5.74) is 1.97. The van der Waals surface area contributed by atoms with Gasteiger partial charge >= 0.3 is 0 Å². The van der Waals surface area contributed by atoms with E-state index >= 15 is 0 Å². The molecule has 0 fully saturated rings. The Balaban J connectivity index is 2.04. The Morgan fingerprint density at radius 2 is 2.18 bits per heavy atom. The molecule has 2 aromatic heterocycles. The van der Waals surface area contributed by atoms with Crippen LogP contribution in [-0.4, -0.2) is 9.97 Å². The van der Waals surface area contributed by atoms with Crippen molar-refractivity contribution in [1.29, 1.82) is 0 Å². The van der Waals surface area contributed by atoms with Gasteiger partial charge in [-0.1, -0.05) is 18.5 Å². The maximum absolute atomic E-state index is 6.01. The maximum atomic E-state index is 6.01. The van der Waals surface area contributed by atoms with E-state index in [2.05, 4.69) is 22.2 Å². The van der Waals surface area contributed by atoms with Gasteiger partial charge in [0.25, 0.3) is 0 Å². The Labute approximate surface area is 110 Å². The van der Waals surface area contributed by atoms with Crippen molar-refractivity contribution in [1.82, 2.24) is 9.97 Å². The normalized spacial score (nSPS) is 10.5. The van der Waals surface area contributed by atoms with Gasteiger partial charge < -0.3 is 5.32 Å². The van der Waals surface area contributed by atoms with Crippen molar-refractivity contribution in [2.75, 3.05) is 5.32 Å². The van der Waals surface area contributed by atoms with Crippen LogP contribution >= 0.6 is 22.9 Å². The van der Waals surface area contributed by atoms with Gasteiger partial charge in [0.15, 0.2) is 5.15 Å². The molecule has 0 saturated heterocycles. The van der Waals surface area contributed by atoms with Gasteiger partial charge in [-0.25, -0.2) is 9.97 Å². The van der Waals surface area contributed by atoms with E-state index in [-0.39, 0.29) is 0 Å². The van der Waals surface area contributed by atoms with Crippen LogP contribution in [0.25, 0.3) is 0 Å². The van der Waals surface area contributed by atoms with Gasteiger partial charge in [-0.3, -0.25) is 0 Å². The molecule has 5 heteroatoms. The average Bonchev–Trinajstić information content (AvgIpc) is 2.78. The molecule has 0 aliphatic carbocycles. The van der Waals surface area contributed by atoms with Crippen molar-refractivity contribution in [3.63, 3.8) is 0 Å². The summed E-state index contributed by atoms with van der Waals surface area (Å²) in [7, 11) is 0. The molecule has 0 saturated carbocycles. The molecule has 90 valence electrons. The second-order valence-corrected chi connectivity index (χ2v) is 5.34. The van der Waals surface area contributed by atoms with Gasteiger partial charge in [-0.15, -0.1) is 11.3 Å².